The molecule has 31 heavy (non-hydrogen) atoms. The molecule has 0 aromatic heterocycles. The molecule has 3 aromatic carbocycles. The number of fused-ring (bicyclic) bond motifs is 1. The van der Waals surface area contributed by atoms with Crippen molar-refractivity contribution in [2.24, 2.45) is 5.10 Å². The van der Waals surface area contributed by atoms with Crippen LogP contribution in [0.25, 0.3) is 10.8 Å². The summed E-state index contributed by atoms with van der Waals surface area (Å²) < 4.78 is 12.5. The molecule has 1 amide bonds. The summed E-state index contributed by atoms with van der Waals surface area (Å²) in [4.78, 5) is 12.6. The third kappa shape index (κ3) is 6.31. The highest BCUT2D eigenvalue weighted by atomic mass is 79.9. The largest absolute Gasteiger partial charge is 0.494 e. The van der Waals surface area contributed by atoms with E-state index in [0.29, 0.717) is 18.8 Å². The van der Waals surface area contributed by atoms with Crippen LogP contribution in [-0.2, 0) is 4.79 Å². The summed E-state index contributed by atoms with van der Waals surface area (Å²) in [6.45, 7) is 4.75. The van der Waals surface area contributed by atoms with Gasteiger partial charge in [-0.1, -0.05) is 50.6 Å². The number of carbonyl (C=O) groups is 1. The molecule has 0 spiro atoms. The maximum Gasteiger partial charge on any atom is 0.281 e. The molecule has 0 aliphatic carbocycles. The first-order chi connectivity index (χ1) is 15.1. The van der Waals surface area contributed by atoms with Gasteiger partial charge >= 0.3 is 0 Å². The lowest BCUT2D eigenvalue weighted by molar-refractivity contribution is -0.128. The molecule has 0 aliphatic heterocycles. The van der Waals surface area contributed by atoms with Crippen molar-refractivity contribution in [1.29, 1.82) is 0 Å². The summed E-state index contributed by atoms with van der Waals surface area (Å²) in [6, 6.07) is 19.5. The Morgan fingerprint density at radius 3 is 2.61 bits per heavy atom. The maximum atomic E-state index is 12.6. The summed E-state index contributed by atoms with van der Waals surface area (Å²) >= 11 is 3.60. The Bertz CT molecular complexity index is 1030. The van der Waals surface area contributed by atoms with Gasteiger partial charge in [-0.25, -0.2) is 5.43 Å². The molecule has 6 heteroatoms. The summed E-state index contributed by atoms with van der Waals surface area (Å²) in [5, 5.41) is 6.21. The number of halogens is 1. The van der Waals surface area contributed by atoms with Gasteiger partial charge < -0.3 is 9.47 Å². The van der Waals surface area contributed by atoms with E-state index in [1.54, 1.807) is 6.21 Å². The molecule has 3 aromatic rings. The van der Waals surface area contributed by atoms with Crippen molar-refractivity contribution < 1.29 is 14.3 Å². The SMILES string of the molecule is CCCCOc1ccc(/C=N/NC(=O)C(CC)Oc2ccc3ccccc3c2Br)cc1. The van der Waals surface area contributed by atoms with Crippen molar-refractivity contribution in [3.8, 4) is 11.5 Å². The van der Waals surface area contributed by atoms with E-state index in [9.17, 15) is 4.79 Å². The Morgan fingerprint density at radius 1 is 1.10 bits per heavy atom. The van der Waals surface area contributed by atoms with Crippen molar-refractivity contribution in [2.75, 3.05) is 6.61 Å². The number of hydrogen-bond donors (Lipinski definition) is 1. The molecule has 0 saturated carbocycles. The van der Waals surface area contributed by atoms with Crippen molar-refractivity contribution >= 4 is 38.8 Å². The van der Waals surface area contributed by atoms with E-state index in [2.05, 4.69) is 33.4 Å². The standard InChI is InChI=1S/C25H27BrN2O3/c1-3-5-16-30-20-13-10-18(11-14-20)17-27-28-25(29)22(4-2)31-23-15-12-19-8-6-7-9-21(19)24(23)26/h6-15,17,22H,3-5,16H2,1-2H3,(H,28,29)/b27-17+. The number of benzene rings is 3. The quantitative estimate of drug-likeness (QED) is 0.216. The molecule has 0 radical (unpaired) electrons. The van der Waals surface area contributed by atoms with E-state index in [1.807, 2.05) is 67.6 Å². The lowest BCUT2D eigenvalue weighted by Gasteiger charge is -2.17. The number of amides is 1. The van der Waals surface area contributed by atoms with Crippen LogP contribution in [0.2, 0.25) is 0 Å². The van der Waals surface area contributed by atoms with Crippen LogP contribution in [0, 0.1) is 0 Å². The summed E-state index contributed by atoms with van der Waals surface area (Å²) in [7, 11) is 0. The molecule has 1 N–H and O–H groups in total. The lowest BCUT2D eigenvalue weighted by atomic mass is 10.1. The Balaban J connectivity index is 1.58. The molecule has 0 saturated heterocycles. The van der Waals surface area contributed by atoms with E-state index in [1.165, 1.54) is 0 Å². The zero-order valence-corrected chi connectivity index (χ0v) is 19.4. The Labute approximate surface area is 191 Å². The highest BCUT2D eigenvalue weighted by Gasteiger charge is 2.19. The number of carbonyl (C=O) groups excluding carboxylic acids is 1. The summed E-state index contributed by atoms with van der Waals surface area (Å²) in [5.41, 5.74) is 3.44. The minimum atomic E-state index is -0.649. The first-order valence-corrected chi connectivity index (χ1v) is 11.3. The van der Waals surface area contributed by atoms with Gasteiger partial charge in [0.15, 0.2) is 6.10 Å². The van der Waals surface area contributed by atoms with Crippen LogP contribution in [0.15, 0.2) is 70.2 Å². The van der Waals surface area contributed by atoms with Crippen molar-refractivity contribution in [1.82, 2.24) is 5.43 Å². The summed E-state index contributed by atoms with van der Waals surface area (Å²) in [5.74, 6) is 1.16. The molecule has 1 unspecified atom stereocenters. The fraction of sp³-hybridized carbons (Fsp3) is 0.280. The molecule has 162 valence electrons. The minimum Gasteiger partial charge on any atom is -0.494 e. The van der Waals surface area contributed by atoms with Gasteiger partial charge in [0.1, 0.15) is 11.5 Å². The molecular weight excluding hydrogens is 456 g/mol. The first kappa shape index (κ1) is 22.8. The van der Waals surface area contributed by atoms with Crippen LogP contribution in [0.5, 0.6) is 11.5 Å². The minimum absolute atomic E-state index is 0.293. The van der Waals surface area contributed by atoms with Gasteiger partial charge in [-0.2, -0.15) is 5.10 Å². The van der Waals surface area contributed by atoms with Gasteiger partial charge in [-0.05, 0) is 75.4 Å². The molecule has 0 fully saturated rings. The van der Waals surface area contributed by atoms with Crippen LogP contribution >= 0.6 is 15.9 Å². The fourth-order valence-electron chi connectivity index (χ4n) is 3.01. The van der Waals surface area contributed by atoms with Crippen LogP contribution in [0.3, 0.4) is 0 Å². The number of ether oxygens (including phenoxy) is 2. The number of hydrazone groups is 1. The first-order valence-electron chi connectivity index (χ1n) is 10.5. The summed E-state index contributed by atoms with van der Waals surface area (Å²) in [6.07, 6.45) is 3.61. The topological polar surface area (TPSA) is 59.9 Å². The second kappa shape index (κ2) is 11.5. The van der Waals surface area contributed by atoms with E-state index in [0.717, 1.165) is 39.4 Å². The van der Waals surface area contributed by atoms with Crippen LogP contribution in [-0.4, -0.2) is 24.8 Å². The van der Waals surface area contributed by atoms with Gasteiger partial charge in [-0.3, -0.25) is 4.79 Å². The number of rotatable bonds is 10. The second-order valence-corrected chi connectivity index (χ2v) is 7.91. The van der Waals surface area contributed by atoms with E-state index in [4.69, 9.17) is 9.47 Å². The third-order valence-corrected chi connectivity index (χ3v) is 5.61. The van der Waals surface area contributed by atoms with Gasteiger partial charge in [0.05, 0.1) is 17.3 Å². The molecular formula is C25H27BrN2O3. The maximum absolute atomic E-state index is 12.6. The van der Waals surface area contributed by atoms with Crippen molar-refractivity contribution in [3.63, 3.8) is 0 Å². The normalized spacial score (nSPS) is 12.1. The monoisotopic (exact) mass is 482 g/mol. The van der Waals surface area contributed by atoms with Gasteiger partial charge in [0.25, 0.3) is 5.91 Å². The fourth-order valence-corrected chi connectivity index (χ4v) is 3.59. The lowest BCUT2D eigenvalue weighted by Crippen LogP contribution is -2.35. The smallest absolute Gasteiger partial charge is 0.281 e. The van der Waals surface area contributed by atoms with E-state index in [-0.39, 0.29) is 5.91 Å². The van der Waals surface area contributed by atoms with Crippen LogP contribution < -0.4 is 14.9 Å². The molecule has 0 aliphatic rings. The molecule has 1 atom stereocenters. The number of nitrogens with one attached hydrogen (secondary N) is 1. The zero-order valence-electron chi connectivity index (χ0n) is 17.8. The molecule has 5 nitrogen and oxygen atoms in total. The highest BCUT2D eigenvalue weighted by Crippen LogP contribution is 2.33. The van der Waals surface area contributed by atoms with Gasteiger partial charge in [0.2, 0.25) is 0 Å². The number of nitrogens with zero attached hydrogens (tertiary/aromatic N) is 1. The second-order valence-electron chi connectivity index (χ2n) is 7.12. The van der Waals surface area contributed by atoms with E-state index < -0.39 is 6.10 Å². The van der Waals surface area contributed by atoms with Crippen molar-refractivity contribution in [2.45, 2.75) is 39.2 Å². The Hall–Kier alpha value is -2.86. The Morgan fingerprint density at radius 2 is 1.87 bits per heavy atom. The molecule has 0 heterocycles. The Kier molecular flexibility index (Phi) is 8.47. The van der Waals surface area contributed by atoms with Crippen LogP contribution in [0.4, 0.5) is 0 Å². The predicted octanol–water partition coefficient (Wildman–Crippen LogP) is 6.09. The third-order valence-electron chi connectivity index (χ3n) is 4.80. The average Bonchev–Trinajstić information content (AvgIpc) is 2.80. The predicted molar refractivity (Wildman–Crippen MR) is 129 cm³/mol. The van der Waals surface area contributed by atoms with E-state index >= 15 is 0 Å². The molecule has 0 bridgehead atoms. The van der Waals surface area contributed by atoms with Crippen LogP contribution in [0.1, 0.15) is 38.7 Å². The van der Waals surface area contributed by atoms with Crippen molar-refractivity contribution in [3.05, 3.63) is 70.7 Å². The average molecular weight is 483 g/mol. The number of hydrogen-bond acceptors (Lipinski definition) is 4. The number of unbranched alkanes of at least 4 members (excludes halogenated alkanes) is 1. The van der Waals surface area contributed by atoms with Gasteiger partial charge in [0, 0.05) is 0 Å². The molecule has 3 rings (SSSR count). The van der Waals surface area contributed by atoms with Gasteiger partial charge in [-0.15, -0.1) is 0 Å². The highest BCUT2D eigenvalue weighted by molar-refractivity contribution is 9.10. The zero-order chi connectivity index (χ0) is 22.1.